The van der Waals surface area contributed by atoms with Crippen molar-refractivity contribution in [1.82, 2.24) is 5.32 Å². The second-order valence-electron chi connectivity index (χ2n) is 5.51. The molecule has 0 amide bonds. The van der Waals surface area contributed by atoms with Crippen LogP contribution in [0, 0.1) is 20.8 Å². The van der Waals surface area contributed by atoms with Crippen molar-refractivity contribution in [3.63, 3.8) is 0 Å². The maximum atomic E-state index is 11.7. The summed E-state index contributed by atoms with van der Waals surface area (Å²) in [6.45, 7) is 8.04. The Morgan fingerprint density at radius 2 is 1.63 bits per heavy atom. The summed E-state index contributed by atoms with van der Waals surface area (Å²) in [5.41, 5.74) is 4.97. The lowest BCUT2D eigenvalue weighted by molar-refractivity contribution is 0.515. The molecule has 1 N–H and O–H groups in total. The van der Waals surface area contributed by atoms with E-state index in [9.17, 15) is 8.42 Å². The largest absolute Gasteiger partial charge is 0.315 e. The van der Waals surface area contributed by atoms with E-state index in [1.54, 1.807) is 6.92 Å². The fraction of sp³-hybridized carbons (Fsp3) is 0.600. The Balaban J connectivity index is 3.07. The summed E-state index contributed by atoms with van der Waals surface area (Å²) >= 11 is 0. The Labute approximate surface area is 117 Å². The Morgan fingerprint density at radius 1 is 1.16 bits per heavy atom. The van der Waals surface area contributed by atoms with Crippen LogP contribution in [-0.4, -0.2) is 33.0 Å². The molecule has 0 aromatic heterocycles. The van der Waals surface area contributed by atoms with Crippen LogP contribution in [0.5, 0.6) is 0 Å². The lowest BCUT2D eigenvalue weighted by Gasteiger charge is -2.24. The molecule has 0 bridgehead atoms. The van der Waals surface area contributed by atoms with Gasteiger partial charge in [-0.05, 0) is 57.9 Å². The third kappa shape index (κ3) is 4.05. The van der Waals surface area contributed by atoms with Crippen molar-refractivity contribution in [3.05, 3.63) is 34.4 Å². The van der Waals surface area contributed by atoms with E-state index in [1.807, 2.05) is 7.05 Å². The van der Waals surface area contributed by atoms with E-state index in [0.717, 1.165) is 6.42 Å². The second kappa shape index (κ2) is 6.06. The molecule has 1 aromatic rings. The van der Waals surface area contributed by atoms with Crippen LogP contribution in [0.4, 0.5) is 0 Å². The predicted octanol–water partition coefficient (Wildman–Crippen LogP) is 2.18. The predicted molar refractivity (Wildman–Crippen MR) is 81.5 cm³/mol. The minimum Gasteiger partial charge on any atom is -0.315 e. The van der Waals surface area contributed by atoms with Gasteiger partial charge in [-0.1, -0.05) is 17.7 Å². The summed E-state index contributed by atoms with van der Waals surface area (Å²) in [5, 5.41) is 2.76. The monoisotopic (exact) mass is 283 g/mol. The molecule has 108 valence electrons. The van der Waals surface area contributed by atoms with Gasteiger partial charge in [0.25, 0.3) is 0 Å². The van der Waals surface area contributed by atoms with Crippen LogP contribution >= 0.6 is 0 Å². The summed E-state index contributed by atoms with van der Waals surface area (Å²) in [7, 11) is -1.21. The lowest BCUT2D eigenvalue weighted by atomic mass is 9.93. The Morgan fingerprint density at radius 3 is 2.00 bits per heavy atom. The van der Waals surface area contributed by atoms with Crippen molar-refractivity contribution < 1.29 is 8.42 Å². The highest BCUT2D eigenvalue weighted by atomic mass is 32.2. The molecule has 0 fully saturated rings. The fourth-order valence-electron chi connectivity index (χ4n) is 2.55. The van der Waals surface area contributed by atoms with Crippen molar-refractivity contribution in [2.24, 2.45) is 0 Å². The number of rotatable bonds is 5. The summed E-state index contributed by atoms with van der Waals surface area (Å²) in [6, 6.07) is 4.25. The molecule has 0 saturated carbocycles. The van der Waals surface area contributed by atoms with Crippen LogP contribution in [0.25, 0.3) is 0 Å². The van der Waals surface area contributed by atoms with Gasteiger partial charge in [-0.2, -0.15) is 0 Å². The minimum atomic E-state index is -3.03. The zero-order chi connectivity index (χ0) is 14.8. The first-order valence-corrected chi connectivity index (χ1v) is 8.55. The van der Waals surface area contributed by atoms with Gasteiger partial charge in [0.15, 0.2) is 9.84 Å². The summed E-state index contributed by atoms with van der Waals surface area (Å²) in [5.74, 6) is 0. The van der Waals surface area contributed by atoms with Crippen molar-refractivity contribution in [2.75, 3.05) is 13.3 Å². The van der Waals surface area contributed by atoms with Gasteiger partial charge in [0.05, 0.1) is 5.25 Å². The van der Waals surface area contributed by atoms with Crippen LogP contribution < -0.4 is 5.32 Å². The number of benzene rings is 1. The van der Waals surface area contributed by atoms with Crippen LogP contribution in [0.3, 0.4) is 0 Å². The number of nitrogens with one attached hydrogen (secondary N) is 1. The SMILES string of the molecule is CNC(Cc1c(C)cc(C)cc1C)C(C)S(C)(=O)=O. The standard InChI is InChI=1S/C15H25NO2S/c1-10-7-11(2)14(12(3)8-10)9-15(16-5)13(4)19(6,17)18/h7-8,13,15-16H,9H2,1-6H3. The molecule has 0 radical (unpaired) electrons. The van der Waals surface area contributed by atoms with Crippen LogP contribution in [0.2, 0.25) is 0 Å². The minimum absolute atomic E-state index is 0.0601. The van der Waals surface area contributed by atoms with E-state index in [0.29, 0.717) is 0 Å². The smallest absolute Gasteiger partial charge is 0.151 e. The number of hydrogen-bond donors (Lipinski definition) is 1. The summed E-state index contributed by atoms with van der Waals surface area (Å²) in [4.78, 5) is 0. The van der Waals surface area contributed by atoms with Crippen molar-refractivity contribution in [3.8, 4) is 0 Å². The van der Waals surface area contributed by atoms with Gasteiger partial charge in [-0.15, -0.1) is 0 Å². The second-order valence-corrected chi connectivity index (χ2v) is 7.91. The quantitative estimate of drug-likeness (QED) is 0.901. The molecule has 19 heavy (non-hydrogen) atoms. The fourth-order valence-corrected chi connectivity index (χ4v) is 3.38. The number of sulfone groups is 1. The van der Waals surface area contributed by atoms with Crippen molar-refractivity contribution in [1.29, 1.82) is 0 Å². The number of likely N-dealkylation sites (N-methyl/N-ethyl adjacent to an activating group) is 1. The van der Waals surface area contributed by atoms with E-state index >= 15 is 0 Å². The average molecular weight is 283 g/mol. The van der Waals surface area contributed by atoms with Gasteiger partial charge in [0.2, 0.25) is 0 Å². The zero-order valence-electron chi connectivity index (χ0n) is 12.7. The molecule has 0 aliphatic rings. The van der Waals surface area contributed by atoms with Gasteiger partial charge in [0, 0.05) is 12.3 Å². The van der Waals surface area contributed by atoms with Crippen LogP contribution in [0.1, 0.15) is 29.2 Å². The van der Waals surface area contributed by atoms with Gasteiger partial charge in [-0.3, -0.25) is 0 Å². The molecular formula is C15H25NO2S. The van der Waals surface area contributed by atoms with Gasteiger partial charge >= 0.3 is 0 Å². The van der Waals surface area contributed by atoms with E-state index in [2.05, 4.69) is 38.2 Å². The normalized spacial score (nSPS) is 15.3. The third-order valence-electron chi connectivity index (χ3n) is 3.88. The molecule has 0 heterocycles. The van der Waals surface area contributed by atoms with Gasteiger partial charge in [-0.25, -0.2) is 8.42 Å². The van der Waals surface area contributed by atoms with Gasteiger partial charge in [0.1, 0.15) is 0 Å². The van der Waals surface area contributed by atoms with Gasteiger partial charge < -0.3 is 5.32 Å². The topological polar surface area (TPSA) is 46.2 Å². The van der Waals surface area contributed by atoms with E-state index < -0.39 is 15.1 Å². The Hall–Kier alpha value is -0.870. The summed E-state index contributed by atoms with van der Waals surface area (Å²) in [6.07, 6.45) is 2.04. The Kier molecular flexibility index (Phi) is 5.16. The van der Waals surface area contributed by atoms with Crippen LogP contribution in [-0.2, 0) is 16.3 Å². The van der Waals surface area contributed by atoms with Crippen molar-refractivity contribution in [2.45, 2.75) is 45.4 Å². The van der Waals surface area contributed by atoms with E-state index in [-0.39, 0.29) is 6.04 Å². The highest BCUT2D eigenvalue weighted by molar-refractivity contribution is 7.91. The third-order valence-corrected chi connectivity index (χ3v) is 5.56. The maximum absolute atomic E-state index is 11.7. The highest BCUT2D eigenvalue weighted by Gasteiger charge is 2.25. The van der Waals surface area contributed by atoms with Crippen molar-refractivity contribution >= 4 is 9.84 Å². The molecule has 1 rings (SSSR count). The zero-order valence-corrected chi connectivity index (χ0v) is 13.6. The molecule has 2 atom stereocenters. The van der Waals surface area contributed by atoms with Crippen LogP contribution in [0.15, 0.2) is 12.1 Å². The number of hydrogen-bond acceptors (Lipinski definition) is 3. The van der Waals surface area contributed by atoms with E-state index in [4.69, 9.17) is 0 Å². The molecule has 0 aliphatic heterocycles. The molecular weight excluding hydrogens is 258 g/mol. The molecule has 2 unspecified atom stereocenters. The summed E-state index contributed by atoms with van der Waals surface area (Å²) < 4.78 is 23.4. The molecule has 0 spiro atoms. The lowest BCUT2D eigenvalue weighted by Crippen LogP contribution is -2.42. The molecule has 4 heteroatoms. The number of aryl methyl sites for hydroxylation is 3. The van der Waals surface area contributed by atoms with E-state index in [1.165, 1.54) is 28.5 Å². The first-order chi connectivity index (χ1) is 8.66. The highest BCUT2D eigenvalue weighted by Crippen LogP contribution is 2.20. The molecule has 1 aromatic carbocycles. The Bertz CT molecular complexity index is 526. The molecule has 0 saturated heterocycles. The molecule has 3 nitrogen and oxygen atoms in total. The first-order valence-electron chi connectivity index (χ1n) is 6.59. The first kappa shape index (κ1) is 16.2. The maximum Gasteiger partial charge on any atom is 0.151 e. The average Bonchev–Trinajstić information content (AvgIpc) is 2.26. The molecule has 0 aliphatic carbocycles.